The predicted octanol–water partition coefficient (Wildman–Crippen LogP) is 3.23. The van der Waals surface area contributed by atoms with E-state index in [2.05, 4.69) is 36.9 Å². The largest absolute Gasteiger partial charge is 0.357 e. The Bertz CT molecular complexity index is 901. The quantitative estimate of drug-likeness (QED) is 0.715. The number of hydrogen-bond acceptors (Lipinski definition) is 3. The molecule has 1 amide bonds. The second-order valence-corrected chi connectivity index (χ2v) is 6.62. The number of carbonyl (C=O) groups is 1. The van der Waals surface area contributed by atoms with Crippen molar-refractivity contribution in [1.29, 1.82) is 0 Å². The van der Waals surface area contributed by atoms with Gasteiger partial charge in [-0.2, -0.15) is 0 Å². The van der Waals surface area contributed by atoms with Crippen molar-refractivity contribution in [2.75, 3.05) is 6.54 Å². The molecule has 0 spiro atoms. The van der Waals surface area contributed by atoms with Crippen LogP contribution in [0.3, 0.4) is 0 Å². The molecule has 0 saturated carbocycles. The standard InChI is InChI=1S/C17H15BrN4O/c1-10-7-20-15(8-19-10)17(23)22-6-5-14-12(9-22)11-3-2-4-13(18)16(11)21-14/h2-4,7-8,21H,5-6,9H2,1H3. The van der Waals surface area contributed by atoms with Gasteiger partial charge in [-0.1, -0.05) is 12.1 Å². The third-order valence-corrected chi connectivity index (χ3v) is 4.91. The normalized spacial score (nSPS) is 14.1. The van der Waals surface area contributed by atoms with Crippen molar-refractivity contribution in [3.05, 3.63) is 57.7 Å². The molecule has 0 saturated heterocycles. The van der Waals surface area contributed by atoms with Crippen LogP contribution >= 0.6 is 15.9 Å². The molecule has 6 heteroatoms. The molecule has 3 heterocycles. The molecule has 0 bridgehead atoms. The Morgan fingerprint density at radius 1 is 1.30 bits per heavy atom. The van der Waals surface area contributed by atoms with Gasteiger partial charge in [-0.05, 0) is 28.9 Å². The maximum atomic E-state index is 12.6. The Kier molecular flexibility index (Phi) is 3.41. The summed E-state index contributed by atoms with van der Waals surface area (Å²) in [6.45, 7) is 3.14. The van der Waals surface area contributed by atoms with Gasteiger partial charge < -0.3 is 9.88 Å². The molecule has 1 aromatic carbocycles. The smallest absolute Gasteiger partial charge is 0.274 e. The van der Waals surface area contributed by atoms with Gasteiger partial charge in [-0.25, -0.2) is 4.98 Å². The summed E-state index contributed by atoms with van der Waals surface area (Å²) < 4.78 is 1.05. The number of aryl methyl sites for hydroxylation is 1. The van der Waals surface area contributed by atoms with Gasteiger partial charge in [-0.15, -0.1) is 0 Å². The van der Waals surface area contributed by atoms with Crippen molar-refractivity contribution < 1.29 is 4.79 Å². The molecule has 1 aliphatic heterocycles. The molecule has 4 rings (SSSR count). The highest BCUT2D eigenvalue weighted by atomic mass is 79.9. The van der Waals surface area contributed by atoms with E-state index in [0.717, 1.165) is 22.1 Å². The van der Waals surface area contributed by atoms with Crippen LogP contribution in [0.15, 0.2) is 35.1 Å². The van der Waals surface area contributed by atoms with Gasteiger partial charge in [0.25, 0.3) is 5.91 Å². The summed E-state index contributed by atoms with van der Waals surface area (Å²) in [4.78, 5) is 26.3. The number of aromatic amines is 1. The lowest BCUT2D eigenvalue weighted by Crippen LogP contribution is -2.36. The molecule has 3 aromatic rings. The molecule has 2 aromatic heterocycles. The van der Waals surface area contributed by atoms with E-state index in [-0.39, 0.29) is 5.91 Å². The summed E-state index contributed by atoms with van der Waals surface area (Å²) in [5.41, 5.74) is 4.72. The molecule has 116 valence electrons. The first-order valence-electron chi connectivity index (χ1n) is 7.49. The van der Waals surface area contributed by atoms with Gasteiger partial charge in [0.2, 0.25) is 0 Å². The van der Waals surface area contributed by atoms with Gasteiger partial charge in [0.15, 0.2) is 0 Å². The van der Waals surface area contributed by atoms with Crippen LogP contribution in [-0.4, -0.2) is 32.3 Å². The van der Waals surface area contributed by atoms with Crippen LogP contribution in [-0.2, 0) is 13.0 Å². The Morgan fingerprint density at radius 3 is 2.96 bits per heavy atom. The van der Waals surface area contributed by atoms with Gasteiger partial charge in [0, 0.05) is 46.8 Å². The minimum absolute atomic E-state index is 0.0625. The average Bonchev–Trinajstić information content (AvgIpc) is 2.94. The van der Waals surface area contributed by atoms with Gasteiger partial charge in [-0.3, -0.25) is 9.78 Å². The van der Waals surface area contributed by atoms with Crippen LogP contribution in [0.25, 0.3) is 10.9 Å². The van der Waals surface area contributed by atoms with E-state index in [9.17, 15) is 4.79 Å². The molecule has 0 aliphatic carbocycles. The van der Waals surface area contributed by atoms with E-state index in [0.29, 0.717) is 18.8 Å². The number of para-hydroxylation sites is 1. The molecule has 0 fully saturated rings. The summed E-state index contributed by atoms with van der Waals surface area (Å²) in [7, 11) is 0. The SMILES string of the molecule is Cc1cnc(C(=O)N2CCc3[nH]c4c(Br)cccc4c3C2)cn1. The molecule has 1 aliphatic rings. The number of fused-ring (bicyclic) bond motifs is 3. The third kappa shape index (κ3) is 2.43. The van der Waals surface area contributed by atoms with Crippen LogP contribution < -0.4 is 0 Å². The molecular formula is C17H15BrN4O. The second-order valence-electron chi connectivity index (χ2n) is 5.76. The highest BCUT2D eigenvalue weighted by Crippen LogP contribution is 2.32. The highest BCUT2D eigenvalue weighted by molar-refractivity contribution is 9.10. The first kappa shape index (κ1) is 14.4. The number of hydrogen-bond donors (Lipinski definition) is 1. The molecule has 5 nitrogen and oxygen atoms in total. The van der Waals surface area contributed by atoms with Crippen LogP contribution in [0.5, 0.6) is 0 Å². The van der Waals surface area contributed by atoms with E-state index in [1.807, 2.05) is 24.0 Å². The lowest BCUT2D eigenvalue weighted by molar-refractivity contribution is 0.0728. The van der Waals surface area contributed by atoms with E-state index in [1.54, 1.807) is 12.4 Å². The number of nitrogens with one attached hydrogen (secondary N) is 1. The minimum Gasteiger partial charge on any atom is -0.357 e. The van der Waals surface area contributed by atoms with Crippen molar-refractivity contribution in [3.8, 4) is 0 Å². The summed E-state index contributed by atoms with van der Waals surface area (Å²) in [6.07, 6.45) is 4.01. The van der Waals surface area contributed by atoms with Crippen LogP contribution in [0.1, 0.15) is 27.4 Å². The minimum atomic E-state index is -0.0625. The molecule has 0 radical (unpaired) electrons. The fraction of sp³-hybridized carbons (Fsp3) is 0.235. The molecule has 0 atom stereocenters. The van der Waals surface area contributed by atoms with Crippen LogP contribution in [0.2, 0.25) is 0 Å². The summed E-state index contributed by atoms with van der Waals surface area (Å²) in [5, 5.41) is 1.17. The maximum Gasteiger partial charge on any atom is 0.274 e. The van der Waals surface area contributed by atoms with Crippen molar-refractivity contribution in [1.82, 2.24) is 19.9 Å². The number of halogens is 1. The highest BCUT2D eigenvalue weighted by Gasteiger charge is 2.25. The Balaban J connectivity index is 1.68. The lowest BCUT2D eigenvalue weighted by atomic mass is 10.0. The second kappa shape index (κ2) is 5.45. The Morgan fingerprint density at radius 2 is 2.17 bits per heavy atom. The van der Waals surface area contributed by atoms with E-state index in [4.69, 9.17) is 0 Å². The average molecular weight is 371 g/mol. The van der Waals surface area contributed by atoms with Gasteiger partial charge in [0.05, 0.1) is 17.4 Å². The van der Waals surface area contributed by atoms with Crippen LogP contribution in [0, 0.1) is 6.92 Å². The van der Waals surface area contributed by atoms with Crippen molar-refractivity contribution >= 4 is 32.7 Å². The topological polar surface area (TPSA) is 61.9 Å². The Labute approximate surface area is 141 Å². The number of aromatic nitrogens is 3. The molecule has 1 N–H and O–H groups in total. The zero-order chi connectivity index (χ0) is 16.0. The van der Waals surface area contributed by atoms with Gasteiger partial charge in [0.1, 0.15) is 5.69 Å². The van der Waals surface area contributed by atoms with Crippen molar-refractivity contribution in [2.24, 2.45) is 0 Å². The zero-order valence-corrected chi connectivity index (χ0v) is 14.2. The molecule has 23 heavy (non-hydrogen) atoms. The number of amides is 1. The fourth-order valence-corrected chi connectivity index (χ4v) is 3.51. The van der Waals surface area contributed by atoms with Crippen molar-refractivity contribution in [3.63, 3.8) is 0 Å². The Hall–Kier alpha value is -2.21. The monoisotopic (exact) mass is 370 g/mol. The molecular weight excluding hydrogens is 356 g/mol. The van der Waals surface area contributed by atoms with Crippen molar-refractivity contribution in [2.45, 2.75) is 19.9 Å². The van der Waals surface area contributed by atoms with Gasteiger partial charge >= 0.3 is 0 Å². The first-order chi connectivity index (χ1) is 11.1. The van der Waals surface area contributed by atoms with E-state index < -0.39 is 0 Å². The summed E-state index contributed by atoms with van der Waals surface area (Å²) >= 11 is 3.58. The fourth-order valence-electron chi connectivity index (χ4n) is 3.04. The number of nitrogens with zero attached hydrogens (tertiary/aromatic N) is 3. The first-order valence-corrected chi connectivity index (χ1v) is 8.28. The zero-order valence-electron chi connectivity index (χ0n) is 12.6. The summed E-state index contributed by atoms with van der Waals surface area (Å²) in [5.74, 6) is -0.0625. The number of carbonyl (C=O) groups excluding carboxylic acids is 1. The third-order valence-electron chi connectivity index (χ3n) is 4.25. The summed E-state index contributed by atoms with van der Waals surface area (Å²) in [6, 6.07) is 6.14. The number of H-pyrrole nitrogens is 1. The predicted molar refractivity (Wildman–Crippen MR) is 91.2 cm³/mol. The maximum absolute atomic E-state index is 12.6. The lowest BCUT2D eigenvalue weighted by Gasteiger charge is -2.26. The number of benzene rings is 1. The number of rotatable bonds is 1. The van der Waals surface area contributed by atoms with E-state index >= 15 is 0 Å². The molecule has 0 unspecified atom stereocenters. The van der Waals surface area contributed by atoms with Crippen LogP contribution in [0.4, 0.5) is 0 Å². The van der Waals surface area contributed by atoms with E-state index in [1.165, 1.54) is 16.6 Å².